The summed E-state index contributed by atoms with van der Waals surface area (Å²) in [6, 6.07) is 1.71. The van der Waals surface area contributed by atoms with Gasteiger partial charge in [0, 0.05) is 18.6 Å². The number of piperidine rings is 1. The lowest BCUT2D eigenvalue weighted by atomic mass is 9.90. The van der Waals surface area contributed by atoms with Crippen molar-refractivity contribution in [3.8, 4) is 0 Å². The normalized spacial score (nSPS) is 39.0. The van der Waals surface area contributed by atoms with Crippen molar-refractivity contribution in [1.29, 1.82) is 0 Å². The fourth-order valence-electron chi connectivity index (χ4n) is 3.62. The number of hydrogen-bond acceptors (Lipinski definition) is 2. The predicted octanol–water partition coefficient (Wildman–Crippen LogP) is 1.86. The maximum atomic E-state index is 3.58. The van der Waals surface area contributed by atoms with E-state index in [1.54, 1.807) is 0 Å². The van der Waals surface area contributed by atoms with Crippen LogP contribution in [0.15, 0.2) is 0 Å². The molecule has 0 bridgehead atoms. The average Bonchev–Trinajstić information content (AvgIpc) is 2.93. The third kappa shape index (κ3) is 2.07. The molecule has 0 aromatic heterocycles. The van der Waals surface area contributed by atoms with Gasteiger partial charge in [-0.15, -0.1) is 0 Å². The Labute approximate surface area is 93.4 Å². The van der Waals surface area contributed by atoms with E-state index in [1.165, 1.54) is 51.7 Å². The zero-order chi connectivity index (χ0) is 10.3. The molecule has 15 heavy (non-hydrogen) atoms. The second-order valence-electron chi connectivity index (χ2n) is 5.89. The zero-order valence-corrected chi connectivity index (χ0v) is 9.91. The summed E-state index contributed by atoms with van der Waals surface area (Å²) >= 11 is 0. The minimum Gasteiger partial charge on any atom is -0.315 e. The average molecular weight is 208 g/mol. The van der Waals surface area contributed by atoms with E-state index in [1.807, 2.05) is 0 Å². The Bertz CT molecular complexity index is 225. The number of rotatable bonds is 3. The zero-order valence-electron chi connectivity index (χ0n) is 9.91. The first kappa shape index (κ1) is 10.1. The molecule has 2 heterocycles. The van der Waals surface area contributed by atoms with Gasteiger partial charge in [-0.25, -0.2) is 0 Å². The van der Waals surface area contributed by atoms with E-state index in [-0.39, 0.29) is 0 Å². The Hall–Kier alpha value is -0.0800. The molecule has 3 atom stereocenters. The molecular formula is C13H24N2. The summed E-state index contributed by atoms with van der Waals surface area (Å²) in [5, 5.41) is 3.58. The lowest BCUT2D eigenvalue weighted by Gasteiger charge is -2.41. The first-order valence-electron chi connectivity index (χ1n) is 6.81. The summed E-state index contributed by atoms with van der Waals surface area (Å²) in [7, 11) is 0. The fraction of sp³-hybridized carbons (Fsp3) is 1.00. The first-order valence-corrected chi connectivity index (χ1v) is 6.81. The van der Waals surface area contributed by atoms with Crippen LogP contribution in [0.4, 0.5) is 0 Å². The molecule has 1 saturated carbocycles. The van der Waals surface area contributed by atoms with Gasteiger partial charge in [-0.1, -0.05) is 12.8 Å². The second-order valence-corrected chi connectivity index (χ2v) is 5.89. The summed E-state index contributed by atoms with van der Waals surface area (Å²) in [6.07, 6.45) is 7.36. The molecule has 2 heteroatoms. The van der Waals surface area contributed by atoms with E-state index in [4.69, 9.17) is 0 Å². The second kappa shape index (κ2) is 4.06. The molecule has 3 unspecified atom stereocenters. The molecule has 3 rings (SSSR count). The standard InChI is InChI=1S/C13H24N2/c1-10(7-11-4-5-11)15-6-2-3-12-8-14-9-13(12)15/h10-14H,2-9H2,1H3. The van der Waals surface area contributed by atoms with Gasteiger partial charge in [-0.05, 0) is 51.1 Å². The number of nitrogens with one attached hydrogen (secondary N) is 1. The van der Waals surface area contributed by atoms with Crippen molar-refractivity contribution in [3.63, 3.8) is 0 Å². The molecule has 2 saturated heterocycles. The summed E-state index contributed by atoms with van der Waals surface area (Å²) in [5.41, 5.74) is 0. The number of hydrogen-bond donors (Lipinski definition) is 1. The summed E-state index contributed by atoms with van der Waals surface area (Å²) in [5.74, 6) is 2.04. The highest BCUT2D eigenvalue weighted by Gasteiger charge is 2.38. The molecule has 0 spiro atoms. The van der Waals surface area contributed by atoms with Gasteiger partial charge in [0.15, 0.2) is 0 Å². The smallest absolute Gasteiger partial charge is 0.0263 e. The van der Waals surface area contributed by atoms with Crippen LogP contribution in [-0.2, 0) is 0 Å². The highest BCUT2D eigenvalue weighted by molar-refractivity contribution is 4.94. The van der Waals surface area contributed by atoms with Crippen molar-refractivity contribution in [2.75, 3.05) is 19.6 Å². The summed E-state index contributed by atoms with van der Waals surface area (Å²) in [4.78, 5) is 2.81. The molecule has 1 N–H and O–H groups in total. The van der Waals surface area contributed by atoms with Crippen molar-refractivity contribution >= 4 is 0 Å². The Morgan fingerprint density at radius 1 is 1.27 bits per heavy atom. The van der Waals surface area contributed by atoms with Gasteiger partial charge in [0.05, 0.1) is 0 Å². The minimum atomic E-state index is 0.838. The molecule has 0 aromatic rings. The summed E-state index contributed by atoms with van der Waals surface area (Å²) < 4.78 is 0. The van der Waals surface area contributed by atoms with E-state index >= 15 is 0 Å². The topological polar surface area (TPSA) is 15.3 Å². The quantitative estimate of drug-likeness (QED) is 0.761. The third-order valence-electron chi connectivity index (χ3n) is 4.66. The Kier molecular flexibility index (Phi) is 2.73. The molecular weight excluding hydrogens is 184 g/mol. The number of likely N-dealkylation sites (tertiary alicyclic amines) is 1. The molecule has 2 nitrogen and oxygen atoms in total. The molecule has 0 aromatic carbocycles. The Morgan fingerprint density at radius 3 is 2.93 bits per heavy atom. The van der Waals surface area contributed by atoms with Crippen LogP contribution in [0.3, 0.4) is 0 Å². The van der Waals surface area contributed by atoms with Crippen molar-refractivity contribution < 1.29 is 0 Å². The van der Waals surface area contributed by atoms with Crippen molar-refractivity contribution in [3.05, 3.63) is 0 Å². The van der Waals surface area contributed by atoms with Crippen molar-refractivity contribution in [2.45, 2.75) is 51.1 Å². The molecule has 3 fully saturated rings. The van der Waals surface area contributed by atoms with Crippen LogP contribution in [0.5, 0.6) is 0 Å². The van der Waals surface area contributed by atoms with Crippen LogP contribution in [-0.4, -0.2) is 36.6 Å². The minimum absolute atomic E-state index is 0.838. The lowest BCUT2D eigenvalue weighted by Crippen LogP contribution is -2.49. The van der Waals surface area contributed by atoms with E-state index in [0.29, 0.717) is 0 Å². The molecule has 0 amide bonds. The highest BCUT2D eigenvalue weighted by Crippen LogP contribution is 2.37. The molecule has 2 aliphatic heterocycles. The monoisotopic (exact) mass is 208 g/mol. The van der Waals surface area contributed by atoms with Crippen LogP contribution >= 0.6 is 0 Å². The summed E-state index contributed by atoms with van der Waals surface area (Å²) in [6.45, 7) is 6.34. The van der Waals surface area contributed by atoms with Gasteiger partial charge in [0.2, 0.25) is 0 Å². The van der Waals surface area contributed by atoms with E-state index in [0.717, 1.165) is 23.9 Å². The van der Waals surface area contributed by atoms with Gasteiger partial charge in [-0.3, -0.25) is 4.90 Å². The Balaban J connectivity index is 1.62. The fourth-order valence-corrected chi connectivity index (χ4v) is 3.62. The molecule has 0 radical (unpaired) electrons. The van der Waals surface area contributed by atoms with E-state index in [2.05, 4.69) is 17.1 Å². The first-order chi connectivity index (χ1) is 7.34. The van der Waals surface area contributed by atoms with Gasteiger partial charge in [0.25, 0.3) is 0 Å². The van der Waals surface area contributed by atoms with Crippen LogP contribution in [0, 0.1) is 11.8 Å². The van der Waals surface area contributed by atoms with Gasteiger partial charge in [-0.2, -0.15) is 0 Å². The molecule has 3 aliphatic rings. The highest BCUT2D eigenvalue weighted by atomic mass is 15.2. The number of nitrogens with zero attached hydrogens (tertiary/aromatic N) is 1. The van der Waals surface area contributed by atoms with Crippen LogP contribution in [0.2, 0.25) is 0 Å². The molecule has 86 valence electrons. The van der Waals surface area contributed by atoms with Crippen LogP contribution in [0.1, 0.15) is 39.0 Å². The van der Waals surface area contributed by atoms with Crippen molar-refractivity contribution in [1.82, 2.24) is 10.2 Å². The third-order valence-corrected chi connectivity index (χ3v) is 4.66. The van der Waals surface area contributed by atoms with Gasteiger partial charge in [0.1, 0.15) is 0 Å². The Morgan fingerprint density at radius 2 is 2.13 bits per heavy atom. The lowest BCUT2D eigenvalue weighted by molar-refractivity contribution is 0.0782. The largest absolute Gasteiger partial charge is 0.315 e. The van der Waals surface area contributed by atoms with Gasteiger partial charge >= 0.3 is 0 Å². The maximum absolute atomic E-state index is 3.58. The van der Waals surface area contributed by atoms with Gasteiger partial charge < -0.3 is 5.32 Å². The van der Waals surface area contributed by atoms with E-state index < -0.39 is 0 Å². The SMILES string of the molecule is CC(CC1CC1)N1CCCC2CNCC21. The maximum Gasteiger partial charge on any atom is 0.0263 e. The predicted molar refractivity (Wildman–Crippen MR) is 62.9 cm³/mol. The van der Waals surface area contributed by atoms with Crippen LogP contribution < -0.4 is 5.32 Å². The van der Waals surface area contributed by atoms with Crippen LogP contribution in [0.25, 0.3) is 0 Å². The number of fused-ring (bicyclic) bond motifs is 1. The van der Waals surface area contributed by atoms with Crippen molar-refractivity contribution in [2.24, 2.45) is 11.8 Å². The van der Waals surface area contributed by atoms with E-state index in [9.17, 15) is 0 Å². The molecule has 1 aliphatic carbocycles.